The fraction of sp³-hybridized carbons (Fsp3) is 0.462. The van der Waals surface area contributed by atoms with Crippen LogP contribution in [0.25, 0.3) is 0 Å². The Morgan fingerprint density at radius 1 is 0.906 bits per heavy atom. The Bertz CT molecular complexity index is 927. The molecule has 0 bridgehead atoms. The highest BCUT2D eigenvalue weighted by Gasteiger charge is 2.31. The lowest BCUT2D eigenvalue weighted by Crippen LogP contribution is -2.31. The SMILES string of the molecule is CN1C(=O)c2ccccc2N(C(=O)CCCCCNC2CCCCC2)c2ccccc21.Cl. The average Bonchev–Trinajstić information content (AvgIpc) is 2.90. The van der Waals surface area contributed by atoms with E-state index in [0.717, 1.165) is 37.2 Å². The lowest BCUT2D eigenvalue weighted by Gasteiger charge is -2.25. The second-order valence-electron chi connectivity index (χ2n) is 8.70. The molecule has 4 rings (SSSR count). The van der Waals surface area contributed by atoms with Crippen molar-refractivity contribution in [1.29, 1.82) is 0 Å². The van der Waals surface area contributed by atoms with E-state index < -0.39 is 0 Å². The molecular weight excluding hydrogens is 422 g/mol. The Kier molecular flexibility index (Phi) is 8.71. The molecule has 2 amide bonds. The Morgan fingerprint density at radius 3 is 2.31 bits per heavy atom. The van der Waals surface area contributed by atoms with Gasteiger partial charge in [0.05, 0.1) is 22.6 Å². The van der Waals surface area contributed by atoms with Gasteiger partial charge in [0.1, 0.15) is 0 Å². The summed E-state index contributed by atoms with van der Waals surface area (Å²) in [6.07, 6.45) is 10.1. The largest absolute Gasteiger partial charge is 0.314 e. The number of carbonyl (C=O) groups is 2. The second kappa shape index (κ2) is 11.5. The Morgan fingerprint density at radius 2 is 1.56 bits per heavy atom. The van der Waals surface area contributed by atoms with E-state index in [1.807, 2.05) is 42.5 Å². The molecular formula is C26H34ClN3O2. The van der Waals surface area contributed by atoms with E-state index in [-0.39, 0.29) is 24.2 Å². The van der Waals surface area contributed by atoms with Gasteiger partial charge in [-0.2, -0.15) is 0 Å². The van der Waals surface area contributed by atoms with Gasteiger partial charge in [0, 0.05) is 19.5 Å². The molecule has 0 unspecified atom stereocenters. The van der Waals surface area contributed by atoms with Crippen LogP contribution in [0.15, 0.2) is 48.5 Å². The number of rotatable bonds is 7. The summed E-state index contributed by atoms with van der Waals surface area (Å²) in [6.45, 7) is 1.04. The van der Waals surface area contributed by atoms with E-state index in [1.54, 1.807) is 22.9 Å². The average molecular weight is 456 g/mol. The number of hydrogen-bond donors (Lipinski definition) is 1. The summed E-state index contributed by atoms with van der Waals surface area (Å²) in [5.74, 6) is -0.0459. The van der Waals surface area contributed by atoms with Gasteiger partial charge in [-0.05, 0) is 56.5 Å². The van der Waals surface area contributed by atoms with Crippen LogP contribution in [0.5, 0.6) is 0 Å². The lowest BCUT2D eigenvalue weighted by molar-refractivity contribution is -0.118. The number of anilines is 3. The number of amides is 2. The first-order valence-corrected chi connectivity index (χ1v) is 11.7. The Labute approximate surface area is 197 Å². The van der Waals surface area contributed by atoms with Crippen molar-refractivity contribution >= 4 is 41.3 Å². The summed E-state index contributed by atoms with van der Waals surface area (Å²) in [4.78, 5) is 29.7. The monoisotopic (exact) mass is 455 g/mol. The van der Waals surface area contributed by atoms with Crippen LogP contribution in [0.2, 0.25) is 0 Å². The van der Waals surface area contributed by atoms with Crippen LogP contribution in [0.3, 0.4) is 0 Å². The van der Waals surface area contributed by atoms with E-state index in [9.17, 15) is 9.59 Å². The van der Waals surface area contributed by atoms with Crippen molar-refractivity contribution in [1.82, 2.24) is 5.32 Å². The highest BCUT2D eigenvalue weighted by Crippen LogP contribution is 2.40. The molecule has 1 aliphatic heterocycles. The number of para-hydroxylation sites is 3. The normalized spacial score (nSPS) is 16.1. The van der Waals surface area contributed by atoms with Crippen molar-refractivity contribution in [3.63, 3.8) is 0 Å². The Hall–Kier alpha value is -2.37. The first kappa shape index (κ1) is 24.3. The minimum Gasteiger partial charge on any atom is -0.314 e. The number of nitrogens with zero attached hydrogens (tertiary/aromatic N) is 2. The molecule has 0 atom stereocenters. The van der Waals surface area contributed by atoms with Gasteiger partial charge in [0.25, 0.3) is 5.91 Å². The van der Waals surface area contributed by atoms with Crippen molar-refractivity contribution in [2.45, 2.75) is 63.8 Å². The molecule has 1 fully saturated rings. The smallest absolute Gasteiger partial charge is 0.260 e. The van der Waals surface area contributed by atoms with Gasteiger partial charge in [-0.15, -0.1) is 12.4 Å². The van der Waals surface area contributed by atoms with E-state index in [1.165, 1.54) is 32.1 Å². The topological polar surface area (TPSA) is 52.7 Å². The molecule has 2 aromatic rings. The number of fused-ring (bicyclic) bond motifs is 2. The van der Waals surface area contributed by atoms with Crippen molar-refractivity contribution < 1.29 is 9.59 Å². The molecule has 0 spiro atoms. The van der Waals surface area contributed by atoms with E-state index in [0.29, 0.717) is 23.7 Å². The molecule has 0 radical (unpaired) electrons. The first-order valence-electron chi connectivity index (χ1n) is 11.7. The number of halogens is 1. The van der Waals surface area contributed by atoms with Crippen molar-refractivity contribution in [3.8, 4) is 0 Å². The zero-order chi connectivity index (χ0) is 21.6. The summed E-state index contributed by atoms with van der Waals surface area (Å²) in [7, 11) is 1.77. The van der Waals surface area contributed by atoms with E-state index in [2.05, 4.69) is 5.32 Å². The fourth-order valence-corrected chi connectivity index (χ4v) is 4.78. The van der Waals surface area contributed by atoms with Crippen LogP contribution in [0.1, 0.15) is 68.1 Å². The van der Waals surface area contributed by atoms with Crippen LogP contribution in [-0.2, 0) is 4.79 Å². The molecule has 32 heavy (non-hydrogen) atoms. The van der Waals surface area contributed by atoms with Gasteiger partial charge in [-0.3, -0.25) is 14.5 Å². The Balaban J connectivity index is 0.00000289. The van der Waals surface area contributed by atoms with Crippen LogP contribution in [0.4, 0.5) is 17.1 Å². The maximum absolute atomic E-state index is 13.4. The predicted molar refractivity (Wildman–Crippen MR) is 133 cm³/mol. The van der Waals surface area contributed by atoms with Crippen molar-refractivity contribution in [3.05, 3.63) is 54.1 Å². The van der Waals surface area contributed by atoms with Crippen LogP contribution < -0.4 is 15.1 Å². The van der Waals surface area contributed by atoms with Gasteiger partial charge in [0.2, 0.25) is 5.91 Å². The first-order chi connectivity index (χ1) is 15.2. The zero-order valence-electron chi connectivity index (χ0n) is 18.9. The standard InChI is InChI=1S/C26H33N3O2.ClH/c1-28-23-16-9-10-17-24(23)29(22-15-8-7-14-21(22)26(28)31)25(30)18-6-3-11-19-27-20-12-4-2-5-13-20;/h7-10,14-17,20,27H,2-6,11-13,18-19H2,1H3;1H. The zero-order valence-corrected chi connectivity index (χ0v) is 19.7. The molecule has 6 heteroatoms. The van der Waals surface area contributed by atoms with Crippen LogP contribution >= 0.6 is 12.4 Å². The summed E-state index contributed by atoms with van der Waals surface area (Å²) >= 11 is 0. The minimum absolute atomic E-state index is 0. The van der Waals surface area contributed by atoms with Crippen molar-refractivity contribution in [2.24, 2.45) is 0 Å². The molecule has 5 nitrogen and oxygen atoms in total. The third kappa shape index (κ3) is 5.33. The van der Waals surface area contributed by atoms with Gasteiger partial charge in [-0.25, -0.2) is 0 Å². The molecule has 1 aliphatic carbocycles. The van der Waals surface area contributed by atoms with Gasteiger partial charge < -0.3 is 10.2 Å². The molecule has 1 N–H and O–H groups in total. The quantitative estimate of drug-likeness (QED) is 0.533. The number of carbonyl (C=O) groups excluding carboxylic acids is 2. The third-order valence-corrected chi connectivity index (χ3v) is 6.52. The fourth-order valence-electron chi connectivity index (χ4n) is 4.78. The van der Waals surface area contributed by atoms with Gasteiger partial charge in [-0.1, -0.05) is 49.9 Å². The number of benzene rings is 2. The molecule has 2 aliphatic rings. The van der Waals surface area contributed by atoms with Crippen LogP contribution in [-0.4, -0.2) is 31.4 Å². The predicted octanol–water partition coefficient (Wildman–Crippen LogP) is 5.85. The summed E-state index contributed by atoms with van der Waals surface area (Å²) in [5, 5.41) is 3.68. The molecule has 1 heterocycles. The summed E-state index contributed by atoms with van der Waals surface area (Å²) in [5.41, 5.74) is 2.76. The third-order valence-electron chi connectivity index (χ3n) is 6.52. The number of unbranched alkanes of at least 4 members (excludes halogenated alkanes) is 2. The van der Waals surface area contributed by atoms with Crippen molar-refractivity contribution in [2.75, 3.05) is 23.4 Å². The van der Waals surface area contributed by atoms with E-state index in [4.69, 9.17) is 0 Å². The molecule has 0 aromatic heterocycles. The molecule has 172 valence electrons. The molecule has 1 saturated carbocycles. The van der Waals surface area contributed by atoms with Gasteiger partial charge >= 0.3 is 0 Å². The lowest BCUT2D eigenvalue weighted by atomic mass is 9.95. The number of nitrogens with one attached hydrogen (secondary N) is 1. The molecule has 0 saturated heterocycles. The highest BCUT2D eigenvalue weighted by molar-refractivity contribution is 6.18. The van der Waals surface area contributed by atoms with E-state index >= 15 is 0 Å². The number of hydrogen-bond acceptors (Lipinski definition) is 3. The molecule has 2 aromatic carbocycles. The summed E-state index contributed by atoms with van der Waals surface area (Å²) in [6, 6.07) is 15.7. The summed E-state index contributed by atoms with van der Waals surface area (Å²) < 4.78 is 0. The maximum Gasteiger partial charge on any atom is 0.260 e. The highest BCUT2D eigenvalue weighted by atomic mass is 35.5. The second-order valence-corrected chi connectivity index (χ2v) is 8.70. The van der Waals surface area contributed by atoms with Gasteiger partial charge in [0.15, 0.2) is 0 Å². The minimum atomic E-state index is -0.0906. The maximum atomic E-state index is 13.4. The van der Waals surface area contributed by atoms with Crippen LogP contribution in [0, 0.1) is 0 Å².